The summed E-state index contributed by atoms with van der Waals surface area (Å²) in [4.78, 5) is 6.65. The van der Waals surface area contributed by atoms with Crippen LogP contribution in [0.1, 0.15) is 29.1 Å². The van der Waals surface area contributed by atoms with Gasteiger partial charge >= 0.3 is 0 Å². The maximum atomic E-state index is 6.39. The van der Waals surface area contributed by atoms with Crippen molar-refractivity contribution in [3.05, 3.63) is 101 Å². The van der Waals surface area contributed by atoms with Gasteiger partial charge in [0, 0.05) is 22.5 Å². The number of methoxy groups -OCH3 is 1. The maximum absolute atomic E-state index is 6.39. The lowest BCUT2D eigenvalue weighted by atomic mass is 10.0. The number of aromatic nitrogens is 1. The Labute approximate surface area is 203 Å². The van der Waals surface area contributed by atoms with Crippen LogP contribution < -0.4 is 15.0 Å². The van der Waals surface area contributed by atoms with Gasteiger partial charge in [0.25, 0.3) is 0 Å². The van der Waals surface area contributed by atoms with Gasteiger partial charge in [-0.05, 0) is 79.3 Å². The van der Waals surface area contributed by atoms with Crippen LogP contribution in [0.3, 0.4) is 0 Å². The molecule has 0 spiro atoms. The summed E-state index contributed by atoms with van der Waals surface area (Å²) in [7, 11) is 1.65. The van der Waals surface area contributed by atoms with E-state index >= 15 is 0 Å². The number of hydrogen-bond donors (Lipinski definition) is 1. The summed E-state index contributed by atoms with van der Waals surface area (Å²) in [5.41, 5.74) is 3.78. The fraction of sp³-hybridized carbons (Fsp3) is 0.154. The number of halogens is 1. The topological polar surface area (TPSA) is 50.5 Å². The molecule has 0 unspecified atom stereocenters. The van der Waals surface area contributed by atoms with Gasteiger partial charge in [-0.1, -0.05) is 29.8 Å². The third-order valence-electron chi connectivity index (χ3n) is 5.82. The molecule has 1 aliphatic heterocycles. The van der Waals surface area contributed by atoms with Gasteiger partial charge in [-0.25, -0.2) is 0 Å². The molecule has 0 saturated carbocycles. The molecule has 5 nitrogen and oxygen atoms in total. The van der Waals surface area contributed by atoms with E-state index in [1.54, 1.807) is 13.3 Å². The fourth-order valence-electron chi connectivity index (χ4n) is 4.08. The number of pyridine rings is 1. The highest BCUT2D eigenvalue weighted by atomic mass is 35.5. The van der Waals surface area contributed by atoms with Crippen molar-refractivity contribution in [1.29, 1.82) is 0 Å². The van der Waals surface area contributed by atoms with Gasteiger partial charge in [0.1, 0.15) is 23.3 Å². The number of aryl methyl sites for hydroxylation is 1. The van der Waals surface area contributed by atoms with E-state index < -0.39 is 0 Å². The molecule has 2 aromatic carbocycles. The first-order valence-electron chi connectivity index (χ1n) is 10.6. The van der Waals surface area contributed by atoms with Crippen LogP contribution in [0.2, 0.25) is 5.02 Å². The highest BCUT2D eigenvalue weighted by molar-refractivity contribution is 7.80. The maximum Gasteiger partial charge on any atom is 0.174 e. The second-order valence-corrected chi connectivity index (χ2v) is 8.65. The summed E-state index contributed by atoms with van der Waals surface area (Å²) >= 11 is 12.1. The zero-order valence-electron chi connectivity index (χ0n) is 18.2. The first-order valence-corrected chi connectivity index (χ1v) is 11.3. The van der Waals surface area contributed by atoms with E-state index in [1.807, 2.05) is 79.7 Å². The van der Waals surface area contributed by atoms with Crippen molar-refractivity contribution in [2.45, 2.75) is 19.0 Å². The van der Waals surface area contributed by atoms with Crippen molar-refractivity contribution in [3.8, 4) is 17.1 Å². The van der Waals surface area contributed by atoms with Gasteiger partial charge in [-0.2, -0.15) is 0 Å². The minimum absolute atomic E-state index is 0.179. The number of hydrogen-bond acceptors (Lipinski definition) is 4. The molecule has 0 bridgehead atoms. The lowest BCUT2D eigenvalue weighted by Gasteiger charge is -2.26. The first kappa shape index (κ1) is 21.5. The van der Waals surface area contributed by atoms with Crippen LogP contribution in [0.5, 0.6) is 5.75 Å². The number of nitrogens with zero attached hydrogens (tertiary/aromatic N) is 2. The van der Waals surface area contributed by atoms with Crippen molar-refractivity contribution in [3.63, 3.8) is 0 Å². The SMILES string of the molecule is COc1ccc(N2C(=S)N[C@@H](c3ccccn3)[C@H]2c2ccc(-c3ccc(C)c(Cl)c3)o2)cc1. The zero-order valence-corrected chi connectivity index (χ0v) is 19.7. The van der Waals surface area contributed by atoms with Gasteiger partial charge in [-0.15, -0.1) is 0 Å². The number of furan rings is 1. The van der Waals surface area contributed by atoms with Gasteiger partial charge in [0.15, 0.2) is 5.11 Å². The molecule has 33 heavy (non-hydrogen) atoms. The third kappa shape index (κ3) is 4.08. The molecule has 1 saturated heterocycles. The average Bonchev–Trinajstić information content (AvgIpc) is 3.46. The molecular weight excluding hydrogens is 454 g/mol. The summed E-state index contributed by atoms with van der Waals surface area (Å²) in [5, 5.41) is 4.76. The highest BCUT2D eigenvalue weighted by Gasteiger charge is 2.42. The van der Waals surface area contributed by atoms with E-state index in [9.17, 15) is 0 Å². The molecule has 0 aliphatic carbocycles. The van der Waals surface area contributed by atoms with E-state index in [0.29, 0.717) is 10.1 Å². The van der Waals surface area contributed by atoms with Gasteiger partial charge in [0.05, 0.1) is 18.8 Å². The number of benzene rings is 2. The summed E-state index contributed by atoms with van der Waals surface area (Å²) < 4.78 is 11.7. The molecule has 166 valence electrons. The second-order valence-electron chi connectivity index (χ2n) is 7.86. The molecule has 4 aromatic rings. The minimum Gasteiger partial charge on any atom is -0.497 e. The molecule has 1 aliphatic rings. The normalized spacial score (nSPS) is 17.8. The Hall–Kier alpha value is -3.35. The van der Waals surface area contributed by atoms with Gasteiger partial charge < -0.3 is 19.4 Å². The molecule has 0 radical (unpaired) electrons. The number of nitrogens with one attached hydrogen (secondary N) is 1. The predicted molar refractivity (Wildman–Crippen MR) is 135 cm³/mol. The van der Waals surface area contributed by atoms with Crippen molar-refractivity contribution in [2.24, 2.45) is 0 Å². The Morgan fingerprint density at radius 2 is 1.88 bits per heavy atom. The third-order valence-corrected chi connectivity index (χ3v) is 6.55. The van der Waals surface area contributed by atoms with Gasteiger partial charge in [0.2, 0.25) is 0 Å². The summed E-state index contributed by atoms with van der Waals surface area (Å²) in [6.45, 7) is 1.98. The van der Waals surface area contributed by atoms with Crippen molar-refractivity contribution in [1.82, 2.24) is 10.3 Å². The summed E-state index contributed by atoms with van der Waals surface area (Å²) in [6, 6.07) is 23.2. The molecular formula is C26H22ClN3O2S. The van der Waals surface area contributed by atoms with Crippen LogP contribution in [0.15, 0.2) is 83.4 Å². The van der Waals surface area contributed by atoms with E-state index in [-0.39, 0.29) is 12.1 Å². The number of anilines is 1. The Kier molecular flexibility index (Phi) is 5.79. The van der Waals surface area contributed by atoms with E-state index in [2.05, 4.69) is 15.2 Å². The summed E-state index contributed by atoms with van der Waals surface area (Å²) in [6.07, 6.45) is 1.79. The minimum atomic E-state index is -0.226. The van der Waals surface area contributed by atoms with E-state index in [1.165, 1.54) is 0 Å². The Morgan fingerprint density at radius 3 is 2.58 bits per heavy atom. The standard InChI is InChI=1S/C26H22ClN3O2S/c1-16-6-7-17(15-20(16)27)22-12-13-23(32-22)25-24(21-5-3-4-14-28-21)29-26(33)30(25)18-8-10-19(31-2)11-9-18/h3-15,24-25H,1-2H3,(H,29,33)/t24-,25+/m0/s1. The zero-order chi connectivity index (χ0) is 22.9. The highest BCUT2D eigenvalue weighted by Crippen LogP contribution is 2.43. The van der Waals surface area contributed by atoms with E-state index in [0.717, 1.165) is 39.8 Å². The van der Waals surface area contributed by atoms with E-state index in [4.69, 9.17) is 33.0 Å². The largest absolute Gasteiger partial charge is 0.497 e. The number of ether oxygens (including phenoxy) is 1. The molecule has 7 heteroatoms. The molecule has 1 N–H and O–H groups in total. The molecule has 2 aromatic heterocycles. The number of rotatable bonds is 5. The summed E-state index contributed by atoms with van der Waals surface area (Å²) in [5.74, 6) is 2.31. The molecule has 5 rings (SSSR count). The van der Waals surface area contributed by atoms with Crippen LogP contribution >= 0.6 is 23.8 Å². The average molecular weight is 476 g/mol. The van der Waals surface area contributed by atoms with Crippen molar-refractivity contribution < 1.29 is 9.15 Å². The quantitative estimate of drug-likeness (QED) is 0.333. The van der Waals surface area contributed by atoms with Crippen molar-refractivity contribution >= 4 is 34.6 Å². The predicted octanol–water partition coefficient (Wildman–Crippen LogP) is 6.49. The Balaban J connectivity index is 1.58. The smallest absolute Gasteiger partial charge is 0.174 e. The molecule has 2 atom stereocenters. The van der Waals surface area contributed by atoms with Crippen LogP contribution in [-0.4, -0.2) is 17.2 Å². The first-order chi connectivity index (χ1) is 16.0. The van der Waals surface area contributed by atoms with Crippen LogP contribution in [0.4, 0.5) is 5.69 Å². The Morgan fingerprint density at radius 1 is 1.06 bits per heavy atom. The van der Waals surface area contributed by atoms with Crippen molar-refractivity contribution in [2.75, 3.05) is 12.0 Å². The lowest BCUT2D eigenvalue weighted by Crippen LogP contribution is -2.29. The Bertz CT molecular complexity index is 1290. The molecule has 3 heterocycles. The second kappa shape index (κ2) is 8.89. The molecule has 0 amide bonds. The lowest BCUT2D eigenvalue weighted by molar-refractivity contribution is 0.414. The fourth-order valence-corrected chi connectivity index (χ4v) is 4.60. The van der Waals surface area contributed by atoms with Crippen LogP contribution in [0, 0.1) is 6.92 Å². The van der Waals surface area contributed by atoms with Gasteiger partial charge in [-0.3, -0.25) is 4.98 Å². The molecule has 1 fully saturated rings. The van der Waals surface area contributed by atoms with Crippen LogP contribution in [0.25, 0.3) is 11.3 Å². The van der Waals surface area contributed by atoms with Crippen LogP contribution in [-0.2, 0) is 0 Å². The monoisotopic (exact) mass is 475 g/mol. The number of thiocarbonyl (C=S) groups is 1.